The molecule has 0 heterocycles. The van der Waals surface area contributed by atoms with Crippen LogP contribution < -0.4 is 0 Å². The third kappa shape index (κ3) is 24.3. The Balaban J connectivity index is 3.01. The lowest BCUT2D eigenvalue weighted by Gasteiger charge is -2.17. The van der Waals surface area contributed by atoms with E-state index in [4.69, 9.17) is 4.74 Å². The van der Waals surface area contributed by atoms with Crippen LogP contribution in [0.1, 0.15) is 118 Å². The summed E-state index contributed by atoms with van der Waals surface area (Å²) in [7, 11) is 0. The smallest absolute Gasteiger partial charge is 0.0466 e. The standard InChI is InChI=1S/C23H48OS/c1-5-25-22-17-15-13-11-9-7-6-8-10-12-14-16-20-24-21-18-19-23(2,3)4/h5-22H2,1-4H3. The number of unbranched alkanes of at least 4 members (excludes halogenated alkanes) is 11. The Hall–Kier alpha value is 0.310. The van der Waals surface area contributed by atoms with Crippen LogP contribution in [-0.2, 0) is 4.74 Å². The molecule has 0 aromatic rings. The van der Waals surface area contributed by atoms with Crippen molar-refractivity contribution in [2.45, 2.75) is 118 Å². The summed E-state index contributed by atoms with van der Waals surface area (Å²) < 4.78 is 5.74. The second kappa shape index (κ2) is 19.1. The molecule has 1 nitrogen and oxygen atoms in total. The average molecular weight is 373 g/mol. The van der Waals surface area contributed by atoms with Crippen LogP contribution in [-0.4, -0.2) is 24.7 Å². The summed E-state index contributed by atoms with van der Waals surface area (Å²) in [5, 5.41) is 0. The number of hydrogen-bond acceptors (Lipinski definition) is 2. The number of rotatable bonds is 19. The molecule has 0 amide bonds. The van der Waals surface area contributed by atoms with Crippen LogP contribution in [0.25, 0.3) is 0 Å². The first-order valence-corrected chi connectivity index (χ1v) is 12.4. The van der Waals surface area contributed by atoms with Gasteiger partial charge in [-0.3, -0.25) is 0 Å². The summed E-state index contributed by atoms with van der Waals surface area (Å²) in [6.07, 6.45) is 19.5. The minimum Gasteiger partial charge on any atom is -0.381 e. The fourth-order valence-corrected chi connectivity index (χ4v) is 3.82. The second-order valence-electron chi connectivity index (χ2n) is 8.72. The highest BCUT2D eigenvalue weighted by atomic mass is 32.2. The van der Waals surface area contributed by atoms with Gasteiger partial charge in [-0.2, -0.15) is 11.8 Å². The fourth-order valence-electron chi connectivity index (χ4n) is 3.13. The maximum absolute atomic E-state index is 5.74. The maximum Gasteiger partial charge on any atom is 0.0466 e. The van der Waals surface area contributed by atoms with Crippen molar-refractivity contribution in [3.63, 3.8) is 0 Å². The van der Waals surface area contributed by atoms with Gasteiger partial charge in [0.1, 0.15) is 0 Å². The van der Waals surface area contributed by atoms with Gasteiger partial charge in [0, 0.05) is 13.2 Å². The van der Waals surface area contributed by atoms with Gasteiger partial charge in [-0.25, -0.2) is 0 Å². The Kier molecular flexibility index (Phi) is 19.3. The van der Waals surface area contributed by atoms with Crippen molar-refractivity contribution in [3.05, 3.63) is 0 Å². The van der Waals surface area contributed by atoms with Gasteiger partial charge in [-0.05, 0) is 42.6 Å². The highest BCUT2D eigenvalue weighted by molar-refractivity contribution is 7.99. The van der Waals surface area contributed by atoms with Crippen LogP contribution in [0.5, 0.6) is 0 Å². The molecule has 0 aliphatic carbocycles. The summed E-state index contributed by atoms with van der Waals surface area (Å²) >= 11 is 2.09. The van der Waals surface area contributed by atoms with Gasteiger partial charge in [-0.15, -0.1) is 0 Å². The molecule has 0 bridgehead atoms. The molecule has 0 aromatic carbocycles. The van der Waals surface area contributed by atoms with Gasteiger partial charge >= 0.3 is 0 Å². The monoisotopic (exact) mass is 372 g/mol. The Morgan fingerprint density at radius 3 is 1.52 bits per heavy atom. The molecule has 2 heteroatoms. The quantitative estimate of drug-likeness (QED) is 0.211. The zero-order valence-corrected chi connectivity index (χ0v) is 18.9. The van der Waals surface area contributed by atoms with Gasteiger partial charge < -0.3 is 4.74 Å². The zero-order valence-electron chi connectivity index (χ0n) is 18.0. The highest BCUT2D eigenvalue weighted by Gasteiger charge is 2.08. The van der Waals surface area contributed by atoms with E-state index in [0.717, 1.165) is 13.2 Å². The average Bonchev–Trinajstić information content (AvgIpc) is 2.56. The summed E-state index contributed by atoms with van der Waals surface area (Å²) in [5.74, 6) is 2.66. The highest BCUT2D eigenvalue weighted by Crippen LogP contribution is 2.20. The molecular weight excluding hydrogens is 324 g/mol. The minimum atomic E-state index is 0.456. The van der Waals surface area contributed by atoms with Crippen molar-refractivity contribution in [2.75, 3.05) is 24.7 Å². The van der Waals surface area contributed by atoms with E-state index in [0.29, 0.717) is 5.41 Å². The normalized spacial score (nSPS) is 12.0. The van der Waals surface area contributed by atoms with Gasteiger partial charge in [0.2, 0.25) is 0 Å². The Morgan fingerprint density at radius 1 is 0.600 bits per heavy atom. The molecule has 152 valence electrons. The molecule has 0 aliphatic rings. The summed E-state index contributed by atoms with van der Waals surface area (Å²) in [6.45, 7) is 11.1. The molecule has 0 fully saturated rings. The fraction of sp³-hybridized carbons (Fsp3) is 1.00. The first kappa shape index (κ1) is 25.3. The first-order valence-electron chi connectivity index (χ1n) is 11.2. The third-order valence-electron chi connectivity index (χ3n) is 4.75. The van der Waals surface area contributed by atoms with Crippen LogP contribution in [0, 0.1) is 5.41 Å². The SMILES string of the molecule is CCSCCCCCCCCCCCCCCOCCCC(C)(C)C. The van der Waals surface area contributed by atoms with Crippen LogP contribution in [0.2, 0.25) is 0 Å². The van der Waals surface area contributed by atoms with E-state index in [2.05, 4.69) is 39.5 Å². The molecule has 0 N–H and O–H groups in total. The molecule has 0 aromatic heterocycles. The van der Waals surface area contributed by atoms with Crippen LogP contribution in [0.3, 0.4) is 0 Å². The molecule has 25 heavy (non-hydrogen) atoms. The Morgan fingerprint density at radius 2 is 1.04 bits per heavy atom. The molecule has 0 radical (unpaired) electrons. The van der Waals surface area contributed by atoms with Crippen LogP contribution >= 0.6 is 11.8 Å². The van der Waals surface area contributed by atoms with E-state index in [9.17, 15) is 0 Å². The molecular formula is C23H48OS. The van der Waals surface area contributed by atoms with Gasteiger partial charge in [0.25, 0.3) is 0 Å². The predicted molar refractivity (Wildman–Crippen MR) is 118 cm³/mol. The van der Waals surface area contributed by atoms with E-state index >= 15 is 0 Å². The van der Waals surface area contributed by atoms with Crippen molar-refractivity contribution >= 4 is 11.8 Å². The summed E-state index contributed by atoms with van der Waals surface area (Å²) in [5.41, 5.74) is 0.456. The second-order valence-corrected chi connectivity index (χ2v) is 10.1. The topological polar surface area (TPSA) is 9.23 Å². The lowest BCUT2D eigenvalue weighted by Crippen LogP contribution is -2.07. The van der Waals surface area contributed by atoms with E-state index in [-0.39, 0.29) is 0 Å². The largest absolute Gasteiger partial charge is 0.381 e. The van der Waals surface area contributed by atoms with E-state index in [1.807, 2.05) is 0 Å². The molecule has 0 atom stereocenters. The lowest BCUT2D eigenvalue weighted by molar-refractivity contribution is 0.118. The maximum atomic E-state index is 5.74. The van der Waals surface area contributed by atoms with E-state index in [1.54, 1.807) is 0 Å². The van der Waals surface area contributed by atoms with Crippen molar-refractivity contribution in [2.24, 2.45) is 5.41 Å². The van der Waals surface area contributed by atoms with Crippen molar-refractivity contribution in [1.29, 1.82) is 0 Å². The summed E-state index contributed by atoms with van der Waals surface area (Å²) in [4.78, 5) is 0. The predicted octanol–water partition coefficient (Wildman–Crippen LogP) is 8.26. The molecule has 0 unspecified atom stereocenters. The number of ether oxygens (including phenoxy) is 1. The van der Waals surface area contributed by atoms with E-state index in [1.165, 1.54) is 101 Å². The molecule has 0 saturated heterocycles. The lowest BCUT2D eigenvalue weighted by atomic mass is 9.91. The van der Waals surface area contributed by atoms with E-state index < -0.39 is 0 Å². The Labute approximate surface area is 164 Å². The van der Waals surface area contributed by atoms with Gasteiger partial charge in [0.05, 0.1) is 0 Å². The molecule has 0 saturated carbocycles. The van der Waals surface area contributed by atoms with Crippen molar-refractivity contribution < 1.29 is 4.74 Å². The summed E-state index contributed by atoms with van der Waals surface area (Å²) in [6, 6.07) is 0. The third-order valence-corrected chi connectivity index (χ3v) is 5.73. The molecule has 0 spiro atoms. The van der Waals surface area contributed by atoms with Crippen molar-refractivity contribution in [1.82, 2.24) is 0 Å². The molecule has 0 rings (SSSR count). The van der Waals surface area contributed by atoms with Gasteiger partial charge in [-0.1, -0.05) is 91.9 Å². The minimum absolute atomic E-state index is 0.456. The van der Waals surface area contributed by atoms with Crippen LogP contribution in [0.4, 0.5) is 0 Å². The van der Waals surface area contributed by atoms with Crippen LogP contribution in [0.15, 0.2) is 0 Å². The number of hydrogen-bond donors (Lipinski definition) is 0. The first-order chi connectivity index (χ1) is 12.1. The Bertz CT molecular complexity index is 247. The number of thioether (sulfide) groups is 1. The molecule has 0 aliphatic heterocycles. The van der Waals surface area contributed by atoms with Gasteiger partial charge in [0.15, 0.2) is 0 Å². The zero-order chi connectivity index (χ0) is 18.6. The van der Waals surface area contributed by atoms with Crippen molar-refractivity contribution in [3.8, 4) is 0 Å².